The van der Waals surface area contributed by atoms with Gasteiger partial charge in [-0.25, -0.2) is 0 Å². The zero-order valence-corrected chi connectivity index (χ0v) is 18.8. The number of primary amides is 1. The van der Waals surface area contributed by atoms with E-state index in [1.807, 2.05) is 6.92 Å². The summed E-state index contributed by atoms with van der Waals surface area (Å²) in [6.45, 7) is 9.17. The Morgan fingerprint density at radius 2 is 1.77 bits per heavy atom. The normalized spacial score (nSPS) is 45.7. The summed E-state index contributed by atoms with van der Waals surface area (Å²) in [4.78, 5) is 24.9. The summed E-state index contributed by atoms with van der Waals surface area (Å²) in [7, 11) is 0. The van der Waals surface area contributed by atoms with Crippen LogP contribution in [0, 0.1) is 39.9 Å². The molecule has 0 aromatic carbocycles. The number of halogens is 3. The number of rotatable bonds is 3. The Hall–Kier alpha value is -1.53. The number of carbonyl (C=O) groups excluding carboxylic acids is 2. The van der Waals surface area contributed by atoms with Crippen molar-refractivity contribution in [1.82, 2.24) is 5.32 Å². The zero-order valence-electron chi connectivity index (χ0n) is 18.8. The van der Waals surface area contributed by atoms with E-state index < -0.39 is 28.8 Å². The van der Waals surface area contributed by atoms with Crippen molar-refractivity contribution >= 4 is 11.8 Å². The van der Waals surface area contributed by atoms with Crippen molar-refractivity contribution in [2.45, 2.75) is 84.4 Å². The number of nitrogens with one attached hydrogen (secondary N) is 1. The van der Waals surface area contributed by atoms with E-state index in [1.54, 1.807) is 0 Å². The van der Waals surface area contributed by atoms with Crippen molar-refractivity contribution in [2.24, 2.45) is 45.7 Å². The van der Waals surface area contributed by atoms with Crippen molar-refractivity contribution in [3.8, 4) is 0 Å². The monoisotopic (exact) mass is 440 g/mol. The van der Waals surface area contributed by atoms with Crippen LogP contribution in [0.1, 0.15) is 72.1 Å². The molecule has 1 heterocycles. The molecule has 3 saturated carbocycles. The van der Waals surface area contributed by atoms with Crippen LogP contribution >= 0.6 is 0 Å². The Kier molecular flexibility index (Phi) is 5.10. The lowest BCUT2D eigenvalue weighted by molar-refractivity contribution is -0.221. The van der Waals surface area contributed by atoms with Gasteiger partial charge in [-0.1, -0.05) is 26.0 Å². The number of carbonyl (C=O) groups is 2. The van der Waals surface area contributed by atoms with Gasteiger partial charge in [-0.15, -0.1) is 0 Å². The van der Waals surface area contributed by atoms with Crippen molar-refractivity contribution in [3.63, 3.8) is 0 Å². The minimum absolute atomic E-state index is 0.0263. The summed E-state index contributed by atoms with van der Waals surface area (Å²) in [5.74, 6) is -2.00. The Bertz CT molecular complexity index is 811. The molecule has 0 aromatic rings. The lowest BCUT2D eigenvalue weighted by Gasteiger charge is -2.62. The number of amides is 2. The molecule has 4 rings (SSSR count). The summed E-state index contributed by atoms with van der Waals surface area (Å²) in [5, 5.41) is 3.18. The second-order valence-corrected chi connectivity index (χ2v) is 11.2. The average molecular weight is 441 g/mol. The van der Waals surface area contributed by atoms with E-state index in [9.17, 15) is 22.8 Å². The minimum Gasteiger partial charge on any atom is -0.369 e. The molecule has 3 N–H and O–H groups in total. The van der Waals surface area contributed by atoms with Crippen LogP contribution < -0.4 is 11.1 Å². The van der Waals surface area contributed by atoms with E-state index in [0.717, 1.165) is 25.7 Å². The van der Waals surface area contributed by atoms with Gasteiger partial charge < -0.3 is 11.1 Å². The molecule has 2 amide bonds. The van der Waals surface area contributed by atoms with Crippen LogP contribution in [0.4, 0.5) is 13.2 Å². The van der Waals surface area contributed by atoms with Crippen molar-refractivity contribution < 1.29 is 22.8 Å². The molecular weight excluding hydrogens is 405 g/mol. The molecule has 0 spiro atoms. The van der Waals surface area contributed by atoms with E-state index in [2.05, 4.69) is 18.8 Å². The van der Waals surface area contributed by atoms with Gasteiger partial charge in [0.1, 0.15) is 0 Å². The van der Waals surface area contributed by atoms with Crippen molar-refractivity contribution in [1.29, 1.82) is 0 Å². The van der Waals surface area contributed by atoms with E-state index >= 15 is 0 Å². The first-order chi connectivity index (χ1) is 14.3. The number of allylic oxidation sites excluding steroid dienone is 1. The van der Waals surface area contributed by atoms with Gasteiger partial charge in [0.05, 0.1) is 11.3 Å². The maximum absolute atomic E-state index is 14.3. The molecule has 0 radical (unpaired) electrons. The number of hydrogen-bond acceptors (Lipinski definition) is 2. The number of alkyl halides is 3. The highest BCUT2D eigenvalue weighted by Gasteiger charge is 2.72. The fraction of sp³-hybridized carbons (Fsp3) is 0.833. The molecule has 4 fully saturated rings. The van der Waals surface area contributed by atoms with E-state index in [0.29, 0.717) is 25.2 Å². The predicted octanol–water partition coefficient (Wildman–Crippen LogP) is 4.73. The molecule has 8 atom stereocenters. The van der Waals surface area contributed by atoms with Gasteiger partial charge in [-0.3, -0.25) is 9.59 Å². The summed E-state index contributed by atoms with van der Waals surface area (Å²) in [6.07, 6.45) is 0.587. The third-order valence-electron chi connectivity index (χ3n) is 10.1. The molecule has 3 unspecified atom stereocenters. The second-order valence-electron chi connectivity index (χ2n) is 11.2. The van der Waals surface area contributed by atoms with Crippen LogP contribution in [0.2, 0.25) is 0 Å². The lowest BCUT2D eigenvalue weighted by atomic mass is 9.43. The van der Waals surface area contributed by atoms with Crippen LogP contribution in [-0.2, 0) is 9.59 Å². The van der Waals surface area contributed by atoms with E-state index in [-0.39, 0.29) is 41.2 Å². The van der Waals surface area contributed by atoms with Gasteiger partial charge in [-0.2, -0.15) is 13.2 Å². The third-order valence-corrected chi connectivity index (χ3v) is 10.1. The van der Waals surface area contributed by atoms with Gasteiger partial charge in [0.15, 0.2) is 0 Å². The number of nitrogens with two attached hydrogens (primary N) is 1. The molecule has 7 heteroatoms. The topological polar surface area (TPSA) is 72.2 Å². The fourth-order valence-corrected chi connectivity index (χ4v) is 8.78. The zero-order chi connectivity index (χ0) is 23.0. The number of hydrogen-bond donors (Lipinski definition) is 2. The van der Waals surface area contributed by atoms with Gasteiger partial charge in [0, 0.05) is 12.5 Å². The summed E-state index contributed by atoms with van der Waals surface area (Å²) in [6, 6.07) is 0.139. The Balaban J connectivity index is 1.74. The fourth-order valence-electron chi connectivity index (χ4n) is 8.78. The van der Waals surface area contributed by atoms with E-state index in [1.165, 1.54) is 6.92 Å². The first-order valence-electron chi connectivity index (χ1n) is 11.6. The predicted molar refractivity (Wildman–Crippen MR) is 112 cm³/mol. The van der Waals surface area contributed by atoms with E-state index in [4.69, 9.17) is 5.73 Å². The average Bonchev–Trinajstić information content (AvgIpc) is 2.95. The minimum atomic E-state index is -4.56. The molecule has 1 saturated heterocycles. The van der Waals surface area contributed by atoms with Crippen LogP contribution in [0.25, 0.3) is 0 Å². The molecule has 4 aliphatic rings. The summed E-state index contributed by atoms with van der Waals surface area (Å²) >= 11 is 0. The number of piperidine rings is 1. The number of fused-ring (bicyclic) bond motifs is 5. The van der Waals surface area contributed by atoms with Crippen LogP contribution in [0.3, 0.4) is 0 Å². The van der Waals surface area contributed by atoms with Gasteiger partial charge >= 0.3 is 6.18 Å². The molecule has 31 heavy (non-hydrogen) atoms. The van der Waals surface area contributed by atoms with Crippen molar-refractivity contribution in [2.75, 3.05) is 0 Å². The highest BCUT2D eigenvalue weighted by Crippen LogP contribution is 2.72. The smallest absolute Gasteiger partial charge is 0.369 e. The lowest BCUT2D eigenvalue weighted by Crippen LogP contribution is -2.63. The maximum atomic E-state index is 14.3. The first kappa shape index (κ1) is 22.7. The molecule has 0 bridgehead atoms. The van der Waals surface area contributed by atoms with Crippen LogP contribution in [-0.4, -0.2) is 24.0 Å². The van der Waals surface area contributed by atoms with Crippen LogP contribution in [0.15, 0.2) is 12.2 Å². The molecule has 4 nitrogen and oxygen atoms in total. The standard InChI is InChI=1S/C24H35F3N2O2/c1-13(2)19(24(25,26)27)23(20(28)31)12-8-16-14-5-6-17-21(3,10-9-18(30)29-17)15(14)7-11-22(16,23)4/h14-17,19H,1,5-12H2,2-4H3,(H2,28,31)(H,29,30)/t14-,15-,16+,17?,19?,21-,22+,23?/m1/s1. The Morgan fingerprint density at radius 1 is 1.13 bits per heavy atom. The quantitative estimate of drug-likeness (QED) is 0.623. The Labute approximate surface area is 182 Å². The molecule has 3 aliphatic carbocycles. The van der Waals surface area contributed by atoms with Gasteiger partial charge in [0.2, 0.25) is 11.8 Å². The third kappa shape index (κ3) is 2.93. The van der Waals surface area contributed by atoms with Gasteiger partial charge in [-0.05, 0) is 80.5 Å². The van der Waals surface area contributed by atoms with Crippen LogP contribution in [0.5, 0.6) is 0 Å². The van der Waals surface area contributed by atoms with Crippen molar-refractivity contribution in [3.05, 3.63) is 12.2 Å². The Morgan fingerprint density at radius 3 is 2.35 bits per heavy atom. The molecule has 174 valence electrons. The molecule has 1 aliphatic heterocycles. The SMILES string of the molecule is C=C(C)C(C(F)(F)F)C1(C(N)=O)CC[C@H]2[C@@H]3CCC4NC(=O)CC[C@]4(C)[C@@H]3CC[C@@]21C. The largest absolute Gasteiger partial charge is 0.396 e. The highest BCUT2D eigenvalue weighted by molar-refractivity contribution is 5.83. The summed E-state index contributed by atoms with van der Waals surface area (Å²) < 4.78 is 42.9. The second kappa shape index (κ2) is 6.98. The van der Waals surface area contributed by atoms with Gasteiger partial charge in [0.25, 0.3) is 0 Å². The highest BCUT2D eigenvalue weighted by atomic mass is 19.4. The summed E-state index contributed by atoms with van der Waals surface area (Å²) in [5.41, 5.74) is 3.33. The molecular formula is C24H35F3N2O2. The molecule has 0 aromatic heterocycles. The maximum Gasteiger partial charge on any atom is 0.396 e. The first-order valence-corrected chi connectivity index (χ1v) is 11.6.